The predicted octanol–water partition coefficient (Wildman–Crippen LogP) is 2.94. The molecule has 0 radical (unpaired) electrons. The Labute approximate surface area is 116 Å². The first-order chi connectivity index (χ1) is 8.97. The Morgan fingerprint density at radius 3 is 2.30 bits per heavy atom. The number of alkyl halides is 2. The van der Waals surface area contributed by atoms with Crippen LogP contribution in [-0.4, -0.2) is 18.1 Å². The van der Waals surface area contributed by atoms with E-state index in [1.165, 1.54) is 27.7 Å². The maximum absolute atomic E-state index is 13.9. The van der Waals surface area contributed by atoms with Gasteiger partial charge in [0.15, 0.2) is 5.82 Å². The van der Waals surface area contributed by atoms with Crippen molar-refractivity contribution in [1.29, 1.82) is 0 Å². The minimum absolute atomic E-state index is 0.351. The average molecular weight is 310 g/mol. The normalized spacial score (nSPS) is 14.6. The van der Waals surface area contributed by atoms with E-state index in [0.717, 1.165) is 12.3 Å². The molecule has 0 amide bonds. The highest BCUT2D eigenvalue weighted by Crippen LogP contribution is 2.26. The topological polar surface area (TPSA) is 59.1 Å². The first-order valence-electron chi connectivity index (χ1n) is 5.91. The Kier molecular flexibility index (Phi) is 4.81. The fraction of sp³-hybridized carbons (Fsp3) is 0.583. The van der Waals surface area contributed by atoms with Gasteiger partial charge in [0.2, 0.25) is 10.0 Å². The second kappa shape index (κ2) is 5.69. The molecule has 1 rings (SSSR count). The van der Waals surface area contributed by atoms with Gasteiger partial charge in [0.1, 0.15) is 0 Å². The zero-order chi connectivity index (χ0) is 15.7. The number of hydrogen-bond acceptors (Lipinski definition) is 3. The molecule has 1 aromatic rings. The van der Waals surface area contributed by atoms with Gasteiger partial charge in [-0.3, -0.25) is 4.98 Å². The molecule has 0 bridgehead atoms. The molecular weight excluding hydrogens is 293 g/mol. The zero-order valence-electron chi connectivity index (χ0n) is 11.6. The zero-order valence-corrected chi connectivity index (χ0v) is 12.4. The van der Waals surface area contributed by atoms with Crippen molar-refractivity contribution < 1.29 is 21.6 Å². The number of aromatic nitrogens is 1. The van der Waals surface area contributed by atoms with Crippen LogP contribution in [0, 0.1) is 5.82 Å². The first-order valence-corrected chi connectivity index (χ1v) is 7.40. The summed E-state index contributed by atoms with van der Waals surface area (Å²) in [4.78, 5) is 3.65. The molecule has 114 valence electrons. The van der Waals surface area contributed by atoms with E-state index in [1.807, 2.05) is 0 Å². The van der Waals surface area contributed by atoms with Crippen LogP contribution in [-0.2, 0) is 10.0 Å². The molecule has 4 nitrogen and oxygen atoms in total. The lowest BCUT2D eigenvalue weighted by molar-refractivity contribution is 0.145. The van der Waals surface area contributed by atoms with Crippen LogP contribution in [0.2, 0.25) is 0 Å². The Bertz CT molecular complexity index is 583. The smallest absolute Gasteiger partial charge is 0.257 e. The van der Waals surface area contributed by atoms with E-state index in [1.54, 1.807) is 0 Å². The van der Waals surface area contributed by atoms with Gasteiger partial charge in [-0.15, -0.1) is 0 Å². The summed E-state index contributed by atoms with van der Waals surface area (Å²) in [6, 6.07) is -0.174. The lowest BCUT2D eigenvalue weighted by Gasteiger charge is -2.23. The van der Waals surface area contributed by atoms with Gasteiger partial charge in [0, 0.05) is 6.20 Å². The lowest BCUT2D eigenvalue weighted by Crippen LogP contribution is -2.41. The minimum Gasteiger partial charge on any atom is -0.257 e. The van der Waals surface area contributed by atoms with Gasteiger partial charge in [-0.1, -0.05) is 0 Å². The van der Waals surface area contributed by atoms with E-state index < -0.39 is 38.6 Å². The van der Waals surface area contributed by atoms with Gasteiger partial charge in [0.05, 0.1) is 22.0 Å². The third-order valence-corrected chi connectivity index (χ3v) is 5.01. The van der Waals surface area contributed by atoms with Crippen LogP contribution in [0.25, 0.3) is 0 Å². The molecule has 1 N–H and O–H groups in total. The first kappa shape index (κ1) is 16.9. The van der Waals surface area contributed by atoms with Crippen molar-refractivity contribution in [2.45, 2.75) is 44.9 Å². The summed E-state index contributed by atoms with van der Waals surface area (Å²) in [5, 5.41) is 0. The second-order valence-corrected chi connectivity index (χ2v) is 7.82. The van der Waals surface area contributed by atoms with Crippen LogP contribution in [0.5, 0.6) is 0 Å². The fourth-order valence-electron chi connectivity index (χ4n) is 1.41. The van der Waals surface area contributed by atoms with Gasteiger partial charge >= 0.3 is 0 Å². The Morgan fingerprint density at radius 2 is 1.85 bits per heavy atom. The molecule has 1 aromatic heterocycles. The van der Waals surface area contributed by atoms with Gasteiger partial charge in [-0.05, 0) is 33.8 Å². The van der Waals surface area contributed by atoms with E-state index in [0.29, 0.717) is 0 Å². The number of pyridine rings is 1. The lowest BCUT2D eigenvalue weighted by atomic mass is 10.1. The highest BCUT2D eigenvalue weighted by atomic mass is 32.2. The average Bonchev–Trinajstić information content (AvgIpc) is 2.26. The van der Waals surface area contributed by atoms with E-state index in [4.69, 9.17) is 0 Å². The number of hydrogen-bond donors (Lipinski definition) is 1. The number of halogens is 3. The van der Waals surface area contributed by atoms with Crippen LogP contribution in [0.3, 0.4) is 0 Å². The molecule has 0 saturated heterocycles. The summed E-state index contributed by atoms with van der Waals surface area (Å²) < 4.78 is 64.1. The molecule has 1 atom stereocenters. The molecule has 0 aromatic carbocycles. The molecular formula is C12H17F3N2O2S. The van der Waals surface area contributed by atoms with Crippen molar-refractivity contribution in [3.63, 3.8) is 0 Å². The molecule has 0 saturated carbocycles. The second-order valence-electron chi connectivity index (χ2n) is 5.36. The standard InChI is InChI=1S/C12H17F3N2O2S/c1-7(17-20(18,19)12(2,3)4)10-9(13)8(11(14)15)5-6-16-10/h5-7,11,17H,1-4H3. The highest BCUT2D eigenvalue weighted by Gasteiger charge is 2.32. The number of nitrogens with one attached hydrogen (secondary N) is 1. The summed E-state index contributed by atoms with van der Waals surface area (Å²) in [6.45, 7) is 5.77. The minimum atomic E-state index is -3.74. The summed E-state index contributed by atoms with van der Waals surface area (Å²) in [5.74, 6) is -1.19. The maximum Gasteiger partial charge on any atom is 0.266 e. The summed E-state index contributed by atoms with van der Waals surface area (Å²) >= 11 is 0. The molecule has 20 heavy (non-hydrogen) atoms. The molecule has 1 heterocycles. The maximum atomic E-state index is 13.9. The monoisotopic (exact) mass is 310 g/mol. The van der Waals surface area contributed by atoms with Crippen LogP contribution < -0.4 is 4.72 Å². The van der Waals surface area contributed by atoms with Crippen LogP contribution in [0.1, 0.15) is 51.4 Å². The highest BCUT2D eigenvalue weighted by molar-refractivity contribution is 7.90. The van der Waals surface area contributed by atoms with Gasteiger partial charge < -0.3 is 0 Å². The summed E-state index contributed by atoms with van der Waals surface area (Å²) in [5.41, 5.74) is -1.15. The Hall–Kier alpha value is -1.15. The largest absolute Gasteiger partial charge is 0.266 e. The van der Waals surface area contributed by atoms with Gasteiger partial charge in [-0.2, -0.15) is 0 Å². The number of sulfonamides is 1. The molecule has 0 aliphatic heterocycles. The molecule has 0 spiro atoms. The Balaban J connectivity index is 3.12. The SMILES string of the molecule is CC(NS(=O)(=O)C(C)(C)C)c1nccc(C(F)F)c1F. The number of rotatable bonds is 4. The number of nitrogens with zero attached hydrogens (tertiary/aromatic N) is 1. The van der Waals surface area contributed by atoms with Crippen molar-refractivity contribution in [3.8, 4) is 0 Å². The molecule has 1 unspecified atom stereocenters. The van der Waals surface area contributed by atoms with E-state index in [-0.39, 0.29) is 5.69 Å². The van der Waals surface area contributed by atoms with E-state index in [2.05, 4.69) is 9.71 Å². The summed E-state index contributed by atoms with van der Waals surface area (Å²) in [7, 11) is -3.74. The van der Waals surface area contributed by atoms with Crippen molar-refractivity contribution in [1.82, 2.24) is 9.71 Å². The molecule has 0 aliphatic carbocycles. The van der Waals surface area contributed by atoms with Gasteiger partial charge in [-0.25, -0.2) is 26.3 Å². The van der Waals surface area contributed by atoms with Crippen LogP contribution in [0.15, 0.2) is 12.3 Å². The van der Waals surface area contributed by atoms with Crippen molar-refractivity contribution >= 4 is 10.0 Å². The summed E-state index contributed by atoms with van der Waals surface area (Å²) in [6.07, 6.45) is -1.95. The Morgan fingerprint density at radius 1 is 1.30 bits per heavy atom. The molecule has 0 aliphatic rings. The van der Waals surface area contributed by atoms with Crippen LogP contribution in [0.4, 0.5) is 13.2 Å². The van der Waals surface area contributed by atoms with Crippen molar-refractivity contribution in [2.75, 3.05) is 0 Å². The van der Waals surface area contributed by atoms with Gasteiger partial charge in [0.25, 0.3) is 6.43 Å². The fourth-order valence-corrected chi connectivity index (χ4v) is 2.34. The van der Waals surface area contributed by atoms with Crippen molar-refractivity contribution in [3.05, 3.63) is 29.3 Å². The quantitative estimate of drug-likeness (QED) is 0.930. The van der Waals surface area contributed by atoms with E-state index >= 15 is 0 Å². The van der Waals surface area contributed by atoms with Crippen molar-refractivity contribution in [2.24, 2.45) is 0 Å². The molecule has 0 fully saturated rings. The third kappa shape index (κ3) is 3.49. The predicted molar refractivity (Wildman–Crippen MR) is 69.4 cm³/mol. The third-order valence-electron chi connectivity index (χ3n) is 2.73. The van der Waals surface area contributed by atoms with E-state index in [9.17, 15) is 21.6 Å². The van der Waals surface area contributed by atoms with Crippen LogP contribution >= 0.6 is 0 Å². The molecule has 8 heteroatoms.